The van der Waals surface area contributed by atoms with Gasteiger partial charge in [0, 0.05) is 6.42 Å². The summed E-state index contributed by atoms with van der Waals surface area (Å²) in [6, 6.07) is 11.8. The third kappa shape index (κ3) is 8.70. The maximum absolute atomic E-state index is 13.2. The van der Waals surface area contributed by atoms with Crippen molar-refractivity contribution in [1.29, 1.82) is 0 Å². The quantitative estimate of drug-likeness (QED) is 0.158. The van der Waals surface area contributed by atoms with Crippen LogP contribution in [-0.4, -0.2) is 56.2 Å². The summed E-state index contributed by atoms with van der Waals surface area (Å²) in [5.74, 6) is -0.988. The van der Waals surface area contributed by atoms with Crippen molar-refractivity contribution in [3.8, 4) is 5.75 Å². The molecule has 2 aromatic carbocycles. The van der Waals surface area contributed by atoms with Crippen LogP contribution in [0.15, 0.2) is 69.8 Å². The number of esters is 1. The van der Waals surface area contributed by atoms with Crippen molar-refractivity contribution in [2.45, 2.75) is 37.9 Å². The number of urea groups is 1. The highest BCUT2D eigenvalue weighted by molar-refractivity contribution is 5.91. The molecule has 0 aliphatic heterocycles. The van der Waals surface area contributed by atoms with Crippen LogP contribution in [0.4, 0.5) is 10.5 Å². The molecule has 0 bridgehead atoms. The molecular weight excluding hydrogens is 466 g/mol. The minimum atomic E-state index is -1.18. The lowest BCUT2D eigenvalue weighted by Crippen LogP contribution is -2.55. The highest BCUT2D eigenvalue weighted by Crippen LogP contribution is 2.18. The Bertz CT molecular complexity index is 1070. The van der Waals surface area contributed by atoms with E-state index in [-0.39, 0.29) is 12.4 Å². The van der Waals surface area contributed by atoms with Gasteiger partial charge in [-0.3, -0.25) is 4.79 Å². The predicted molar refractivity (Wildman–Crippen MR) is 134 cm³/mol. The molecule has 192 valence electrons. The molecule has 0 saturated heterocycles. The first-order chi connectivity index (χ1) is 17.3. The van der Waals surface area contributed by atoms with Gasteiger partial charge in [-0.25, -0.2) is 14.6 Å². The van der Waals surface area contributed by atoms with Gasteiger partial charge in [0.15, 0.2) is 5.96 Å². The molecule has 12 heteroatoms. The largest absolute Gasteiger partial charge is 0.497 e. The molecule has 0 aliphatic carbocycles. The van der Waals surface area contributed by atoms with Crippen molar-refractivity contribution in [2.75, 3.05) is 14.2 Å². The monoisotopic (exact) mass is 497 g/mol. The molecule has 0 radical (unpaired) electrons. The fraction of sp³-hybridized carbons (Fsp3) is 0.333. The molecule has 0 saturated carbocycles. The van der Waals surface area contributed by atoms with E-state index in [1.807, 2.05) is 6.07 Å². The number of nitrogens with one attached hydrogen (secondary N) is 2. The number of benzene rings is 2. The van der Waals surface area contributed by atoms with Crippen LogP contribution in [0.1, 0.15) is 18.9 Å². The third-order valence-electron chi connectivity index (χ3n) is 5.10. The van der Waals surface area contributed by atoms with Crippen LogP contribution >= 0.6 is 0 Å². The number of azo groups is 1. The maximum atomic E-state index is 13.2. The van der Waals surface area contributed by atoms with Gasteiger partial charge in [0.25, 0.3) is 0 Å². The number of hydrogen-bond acceptors (Lipinski definition) is 7. The topological polar surface area (TPSA) is 183 Å². The molecule has 2 rings (SSSR count). The first-order valence-corrected chi connectivity index (χ1v) is 11.1. The summed E-state index contributed by atoms with van der Waals surface area (Å²) < 4.78 is 9.91. The van der Waals surface area contributed by atoms with Gasteiger partial charge >= 0.3 is 12.0 Å². The van der Waals surface area contributed by atoms with Crippen molar-refractivity contribution < 1.29 is 23.9 Å². The highest BCUT2D eigenvalue weighted by Gasteiger charge is 2.32. The Labute approximate surface area is 209 Å². The molecule has 0 spiro atoms. The lowest BCUT2D eigenvalue weighted by molar-refractivity contribution is -0.145. The SMILES string of the molecule is CCC(N=C(N)N)C(NC(=O)C(Cc1ccccc1)NC(=O)N=Nc1ccc(OC)cc1)C(=O)OC. The number of ether oxygens (including phenoxy) is 2. The fourth-order valence-corrected chi connectivity index (χ4v) is 3.28. The van der Waals surface area contributed by atoms with Crippen LogP contribution in [0.25, 0.3) is 0 Å². The second-order valence-corrected chi connectivity index (χ2v) is 7.63. The average molecular weight is 498 g/mol. The van der Waals surface area contributed by atoms with Crippen molar-refractivity contribution in [3.63, 3.8) is 0 Å². The second-order valence-electron chi connectivity index (χ2n) is 7.63. The second kappa shape index (κ2) is 14.0. The average Bonchev–Trinajstić information content (AvgIpc) is 2.89. The Morgan fingerprint density at radius 1 is 0.972 bits per heavy atom. The van der Waals surface area contributed by atoms with E-state index in [0.29, 0.717) is 17.9 Å². The number of rotatable bonds is 11. The molecule has 3 atom stereocenters. The molecule has 36 heavy (non-hydrogen) atoms. The molecule has 2 aromatic rings. The molecule has 0 aromatic heterocycles. The van der Waals surface area contributed by atoms with Gasteiger partial charge in [-0.15, -0.1) is 5.11 Å². The van der Waals surface area contributed by atoms with E-state index in [9.17, 15) is 14.4 Å². The summed E-state index contributed by atoms with van der Waals surface area (Å²) in [5, 5.41) is 12.7. The Balaban J connectivity index is 2.23. The number of hydrogen-bond donors (Lipinski definition) is 4. The van der Waals surface area contributed by atoms with Crippen molar-refractivity contribution >= 4 is 29.6 Å². The van der Waals surface area contributed by atoms with Gasteiger partial charge < -0.3 is 31.6 Å². The predicted octanol–water partition coefficient (Wildman–Crippen LogP) is 1.81. The minimum absolute atomic E-state index is 0.128. The summed E-state index contributed by atoms with van der Waals surface area (Å²) in [6.45, 7) is 1.75. The normalized spacial score (nSPS) is 13.2. The van der Waals surface area contributed by atoms with Gasteiger partial charge in [-0.2, -0.15) is 0 Å². The van der Waals surface area contributed by atoms with E-state index >= 15 is 0 Å². The number of guanidine groups is 1. The van der Waals surface area contributed by atoms with Crippen LogP contribution < -0.4 is 26.8 Å². The van der Waals surface area contributed by atoms with Crippen LogP contribution in [0.2, 0.25) is 0 Å². The van der Waals surface area contributed by atoms with E-state index in [1.54, 1.807) is 55.5 Å². The highest BCUT2D eigenvalue weighted by atomic mass is 16.5. The standard InChI is InChI=1S/C24H31N7O5/c1-4-18(27-23(25)26)20(22(33)36-3)29-21(32)19(14-15-8-6-5-7-9-15)28-24(34)31-30-16-10-12-17(35-2)13-11-16/h5-13,18-20H,4,14H2,1-3H3,(H,28,34)(H,29,32)(H4,25,26,27). The Morgan fingerprint density at radius 3 is 2.19 bits per heavy atom. The zero-order valence-electron chi connectivity index (χ0n) is 20.4. The molecule has 3 unspecified atom stereocenters. The number of methoxy groups -OCH3 is 2. The van der Waals surface area contributed by atoms with Gasteiger partial charge in [0.1, 0.15) is 17.8 Å². The Hall–Kier alpha value is -4.48. The molecule has 0 fully saturated rings. The van der Waals surface area contributed by atoms with Gasteiger partial charge in [-0.1, -0.05) is 42.4 Å². The molecular formula is C24H31N7O5. The number of carbonyl (C=O) groups is 3. The fourth-order valence-electron chi connectivity index (χ4n) is 3.28. The maximum Gasteiger partial charge on any atom is 0.360 e. The van der Waals surface area contributed by atoms with E-state index in [1.165, 1.54) is 14.2 Å². The molecule has 0 aliphatic rings. The lowest BCUT2D eigenvalue weighted by Gasteiger charge is -2.25. The Morgan fingerprint density at radius 2 is 1.64 bits per heavy atom. The minimum Gasteiger partial charge on any atom is -0.497 e. The first kappa shape index (κ1) is 27.8. The summed E-state index contributed by atoms with van der Waals surface area (Å²) in [5.41, 5.74) is 12.2. The van der Waals surface area contributed by atoms with Crippen LogP contribution in [0.5, 0.6) is 5.75 Å². The van der Waals surface area contributed by atoms with E-state index < -0.39 is 36.0 Å². The van der Waals surface area contributed by atoms with Crippen LogP contribution in [-0.2, 0) is 20.7 Å². The smallest absolute Gasteiger partial charge is 0.360 e. The summed E-state index contributed by atoms with van der Waals surface area (Å²) in [7, 11) is 2.72. The van der Waals surface area contributed by atoms with E-state index in [2.05, 4.69) is 25.9 Å². The lowest BCUT2D eigenvalue weighted by atomic mass is 10.0. The zero-order valence-corrected chi connectivity index (χ0v) is 20.4. The summed E-state index contributed by atoms with van der Waals surface area (Å²) in [6.07, 6.45) is 0.465. The molecule has 0 heterocycles. The number of nitrogens with two attached hydrogens (primary N) is 2. The summed E-state index contributed by atoms with van der Waals surface area (Å²) in [4.78, 5) is 42.2. The van der Waals surface area contributed by atoms with E-state index in [0.717, 1.165) is 5.56 Å². The number of nitrogens with zero attached hydrogens (tertiary/aromatic N) is 3. The number of aliphatic imine (C=N–C) groups is 1. The molecule has 3 amide bonds. The van der Waals surface area contributed by atoms with Crippen LogP contribution in [0.3, 0.4) is 0 Å². The van der Waals surface area contributed by atoms with Crippen molar-refractivity contribution in [1.82, 2.24) is 10.6 Å². The van der Waals surface area contributed by atoms with E-state index in [4.69, 9.17) is 20.9 Å². The summed E-state index contributed by atoms with van der Waals surface area (Å²) >= 11 is 0. The third-order valence-corrected chi connectivity index (χ3v) is 5.10. The Kier molecular flexibility index (Phi) is 10.8. The van der Waals surface area contributed by atoms with Crippen LogP contribution in [0, 0.1) is 0 Å². The zero-order chi connectivity index (χ0) is 26.5. The first-order valence-electron chi connectivity index (χ1n) is 11.1. The van der Waals surface area contributed by atoms with Gasteiger partial charge in [0.2, 0.25) is 5.91 Å². The van der Waals surface area contributed by atoms with Crippen molar-refractivity contribution in [3.05, 3.63) is 60.2 Å². The number of carbonyl (C=O) groups excluding carboxylic acids is 3. The molecule has 6 N–H and O–H groups in total. The number of amides is 3. The molecule has 12 nitrogen and oxygen atoms in total. The van der Waals surface area contributed by atoms with Crippen molar-refractivity contribution in [2.24, 2.45) is 26.7 Å². The van der Waals surface area contributed by atoms with Gasteiger partial charge in [0.05, 0.1) is 25.9 Å². The van der Waals surface area contributed by atoms with Gasteiger partial charge in [-0.05, 0) is 36.2 Å².